The number of allylic oxidation sites excluding steroid dienone is 3. The highest BCUT2D eigenvalue weighted by Crippen LogP contribution is 2.18. The normalized spacial score (nSPS) is 17.9. The monoisotopic (exact) mass is 223 g/mol. The molecule has 0 saturated carbocycles. The molecule has 86 valence electrons. The Morgan fingerprint density at radius 3 is 2.44 bits per heavy atom. The summed E-state index contributed by atoms with van der Waals surface area (Å²) >= 11 is 0. The van der Waals surface area contributed by atoms with Gasteiger partial charge in [-0.2, -0.15) is 0 Å². The average molecular weight is 223 g/mol. The third kappa shape index (κ3) is 2.64. The van der Waals surface area contributed by atoms with Crippen molar-refractivity contribution in [3.05, 3.63) is 23.5 Å². The zero-order chi connectivity index (χ0) is 12.3. The van der Waals surface area contributed by atoms with Gasteiger partial charge >= 0.3 is 0 Å². The number of nitrogens with one attached hydrogen (secondary N) is 1. The quantitative estimate of drug-likeness (QED) is 0.520. The summed E-state index contributed by atoms with van der Waals surface area (Å²) < 4.78 is 0. The van der Waals surface area contributed by atoms with Crippen molar-refractivity contribution in [2.45, 2.75) is 19.4 Å². The summed E-state index contributed by atoms with van der Waals surface area (Å²) in [5.74, 6) is -1.76. The molecule has 0 spiro atoms. The van der Waals surface area contributed by atoms with Gasteiger partial charge in [0.25, 0.3) is 0 Å². The first-order valence-corrected chi connectivity index (χ1v) is 4.83. The van der Waals surface area contributed by atoms with Crippen LogP contribution in [0.5, 0.6) is 0 Å². The zero-order valence-corrected chi connectivity index (χ0v) is 9.11. The topological polar surface area (TPSA) is 83.5 Å². The number of likely N-dealkylation sites (N-methyl/N-ethyl adjacent to an activating group) is 1. The molecule has 0 aromatic heterocycles. The Morgan fingerprint density at radius 1 is 1.38 bits per heavy atom. The molecule has 0 aromatic rings. The van der Waals surface area contributed by atoms with E-state index >= 15 is 0 Å². The van der Waals surface area contributed by atoms with Crippen LogP contribution in [0.15, 0.2) is 23.5 Å². The molecule has 0 bridgehead atoms. The Bertz CT molecular complexity index is 406. The molecule has 0 radical (unpaired) electrons. The lowest BCUT2D eigenvalue weighted by molar-refractivity contribution is -0.131. The van der Waals surface area contributed by atoms with E-state index in [1.54, 1.807) is 7.05 Å². The van der Waals surface area contributed by atoms with Crippen molar-refractivity contribution in [1.29, 1.82) is 0 Å². The van der Waals surface area contributed by atoms with Crippen molar-refractivity contribution in [1.82, 2.24) is 5.32 Å². The number of hydrogen-bond donors (Lipinski definition) is 2. The van der Waals surface area contributed by atoms with Crippen molar-refractivity contribution in [3.8, 4) is 0 Å². The van der Waals surface area contributed by atoms with Crippen molar-refractivity contribution >= 4 is 17.3 Å². The molecular formula is C11H13NO4. The first-order chi connectivity index (χ1) is 7.45. The van der Waals surface area contributed by atoms with Crippen LogP contribution in [0.3, 0.4) is 0 Å². The third-order valence-electron chi connectivity index (χ3n) is 2.41. The fourth-order valence-corrected chi connectivity index (χ4v) is 1.42. The maximum Gasteiger partial charge on any atom is 0.229 e. The van der Waals surface area contributed by atoms with Crippen LogP contribution >= 0.6 is 0 Å². The number of aliphatic hydroxyl groups excluding tert-OH is 1. The number of carbonyl (C=O) groups is 3. The standard InChI is InChI=1S/C11H13NO4/c1-6(13)8(12-2)3-7-4-10(15)11(16)5-9(7)14/h4-5,8,12,14H,3H2,1-2H3. The van der Waals surface area contributed by atoms with Crippen molar-refractivity contribution in [3.63, 3.8) is 0 Å². The molecule has 0 amide bonds. The summed E-state index contributed by atoms with van der Waals surface area (Å²) in [6, 6.07) is -0.470. The van der Waals surface area contributed by atoms with Gasteiger partial charge in [0.15, 0.2) is 0 Å². The average Bonchev–Trinajstić information content (AvgIpc) is 2.21. The van der Waals surface area contributed by atoms with Gasteiger partial charge in [-0.1, -0.05) is 0 Å². The van der Waals surface area contributed by atoms with Crippen LogP contribution in [-0.4, -0.2) is 35.5 Å². The van der Waals surface area contributed by atoms with Crippen molar-refractivity contribution in [2.75, 3.05) is 7.05 Å². The molecule has 0 aromatic carbocycles. The van der Waals surface area contributed by atoms with E-state index in [2.05, 4.69) is 5.32 Å². The van der Waals surface area contributed by atoms with Crippen LogP contribution < -0.4 is 5.32 Å². The van der Waals surface area contributed by atoms with Crippen LogP contribution in [0.2, 0.25) is 0 Å². The minimum Gasteiger partial charge on any atom is -0.508 e. The molecule has 5 nitrogen and oxygen atoms in total. The van der Waals surface area contributed by atoms with E-state index in [0.717, 1.165) is 12.2 Å². The van der Waals surface area contributed by atoms with Gasteiger partial charge in [-0.3, -0.25) is 14.4 Å². The minimum absolute atomic E-state index is 0.0967. The molecule has 1 aliphatic carbocycles. The summed E-state index contributed by atoms with van der Waals surface area (Å²) in [5, 5.41) is 12.2. The fourth-order valence-electron chi connectivity index (χ4n) is 1.42. The summed E-state index contributed by atoms with van der Waals surface area (Å²) in [5.41, 5.74) is 0.305. The summed E-state index contributed by atoms with van der Waals surface area (Å²) in [4.78, 5) is 33.2. The van der Waals surface area contributed by atoms with Gasteiger partial charge in [0.2, 0.25) is 11.6 Å². The predicted molar refractivity (Wildman–Crippen MR) is 57.0 cm³/mol. The van der Waals surface area contributed by atoms with Gasteiger partial charge in [0.1, 0.15) is 11.5 Å². The van der Waals surface area contributed by atoms with Gasteiger partial charge in [-0.25, -0.2) is 0 Å². The molecular weight excluding hydrogens is 210 g/mol. The lowest BCUT2D eigenvalue weighted by Gasteiger charge is -2.16. The van der Waals surface area contributed by atoms with Crippen LogP contribution in [0.4, 0.5) is 0 Å². The second-order valence-electron chi connectivity index (χ2n) is 3.58. The first kappa shape index (κ1) is 12.3. The van der Waals surface area contributed by atoms with Crippen molar-refractivity contribution < 1.29 is 19.5 Å². The molecule has 2 N–H and O–H groups in total. The van der Waals surface area contributed by atoms with Gasteiger partial charge < -0.3 is 10.4 Å². The zero-order valence-electron chi connectivity index (χ0n) is 9.11. The number of rotatable bonds is 4. The lowest BCUT2D eigenvalue weighted by Crippen LogP contribution is -2.33. The molecule has 1 unspecified atom stereocenters. The van der Waals surface area contributed by atoms with Crippen LogP contribution in [0, 0.1) is 0 Å². The maximum atomic E-state index is 11.2. The number of ketones is 3. The SMILES string of the molecule is CNC(CC1=CC(=O)C(=O)C=C1O)C(C)=O. The van der Waals surface area contributed by atoms with Gasteiger partial charge in [0, 0.05) is 11.6 Å². The molecule has 5 heteroatoms. The van der Waals surface area contributed by atoms with E-state index in [-0.39, 0.29) is 18.0 Å². The Balaban J connectivity index is 2.86. The molecule has 1 aliphatic rings. The van der Waals surface area contributed by atoms with Crippen LogP contribution in [-0.2, 0) is 14.4 Å². The first-order valence-electron chi connectivity index (χ1n) is 4.83. The van der Waals surface area contributed by atoms with Gasteiger partial charge in [-0.05, 0) is 26.5 Å². The number of carbonyl (C=O) groups excluding carboxylic acids is 3. The van der Waals surface area contributed by atoms with Gasteiger partial charge in [-0.15, -0.1) is 0 Å². The Hall–Kier alpha value is -1.75. The molecule has 1 atom stereocenters. The van der Waals surface area contributed by atoms with E-state index in [4.69, 9.17) is 0 Å². The molecule has 0 fully saturated rings. The Kier molecular flexibility index (Phi) is 3.73. The summed E-state index contributed by atoms with van der Waals surface area (Å²) in [6.45, 7) is 1.41. The predicted octanol–water partition coefficient (Wildman–Crippen LogP) is 0.0736. The molecule has 0 heterocycles. The maximum absolute atomic E-state index is 11.2. The Morgan fingerprint density at radius 2 is 1.94 bits per heavy atom. The second-order valence-corrected chi connectivity index (χ2v) is 3.58. The Labute approximate surface area is 92.8 Å². The summed E-state index contributed by atoms with van der Waals surface area (Å²) in [7, 11) is 1.61. The van der Waals surface area contributed by atoms with E-state index < -0.39 is 17.6 Å². The molecule has 16 heavy (non-hydrogen) atoms. The van der Waals surface area contributed by atoms with Gasteiger partial charge in [0.05, 0.1) is 6.04 Å². The van der Waals surface area contributed by atoms with E-state index in [9.17, 15) is 19.5 Å². The van der Waals surface area contributed by atoms with Crippen LogP contribution in [0.1, 0.15) is 13.3 Å². The number of Topliss-reactive ketones (excluding diaryl/α,β-unsaturated/α-hetero) is 1. The molecule has 0 saturated heterocycles. The highest BCUT2D eigenvalue weighted by Gasteiger charge is 2.23. The van der Waals surface area contributed by atoms with E-state index in [0.29, 0.717) is 5.57 Å². The third-order valence-corrected chi connectivity index (χ3v) is 2.41. The largest absolute Gasteiger partial charge is 0.508 e. The highest BCUT2D eigenvalue weighted by atomic mass is 16.3. The van der Waals surface area contributed by atoms with E-state index in [1.165, 1.54) is 6.92 Å². The molecule has 0 aliphatic heterocycles. The highest BCUT2D eigenvalue weighted by molar-refractivity contribution is 6.46. The second kappa shape index (κ2) is 4.85. The fraction of sp³-hybridized carbons (Fsp3) is 0.364. The smallest absolute Gasteiger partial charge is 0.229 e. The number of hydrogen-bond acceptors (Lipinski definition) is 5. The van der Waals surface area contributed by atoms with Crippen molar-refractivity contribution in [2.24, 2.45) is 0 Å². The molecule has 1 rings (SSSR count). The van der Waals surface area contributed by atoms with Crippen LogP contribution in [0.25, 0.3) is 0 Å². The number of aliphatic hydroxyl groups is 1. The summed E-state index contributed by atoms with van der Waals surface area (Å²) in [6.07, 6.45) is 2.14. The minimum atomic E-state index is -0.745. The van der Waals surface area contributed by atoms with E-state index in [1.807, 2.05) is 0 Å². The lowest BCUT2D eigenvalue weighted by atomic mass is 9.96.